The fourth-order valence-corrected chi connectivity index (χ4v) is 3.14. The number of nitrogen functional groups attached to an aromatic ring is 2. The van der Waals surface area contributed by atoms with Gasteiger partial charge in [0.2, 0.25) is 0 Å². The number of halogens is 1. The van der Waals surface area contributed by atoms with E-state index in [0.717, 1.165) is 40.9 Å². The van der Waals surface area contributed by atoms with E-state index in [4.69, 9.17) is 11.5 Å². The van der Waals surface area contributed by atoms with Crippen LogP contribution >= 0.6 is 27.3 Å². The molecule has 0 atom stereocenters. The summed E-state index contributed by atoms with van der Waals surface area (Å²) < 4.78 is 1.14. The first-order chi connectivity index (χ1) is 8.65. The molecule has 0 saturated carbocycles. The number of anilines is 2. The van der Waals surface area contributed by atoms with E-state index in [-0.39, 0.29) is 0 Å². The molecule has 0 unspecified atom stereocenters. The van der Waals surface area contributed by atoms with Crippen LogP contribution in [-0.4, -0.2) is 6.54 Å². The molecule has 0 amide bonds. The molecular formula is C13H16BrN3S. The molecule has 0 saturated heterocycles. The van der Waals surface area contributed by atoms with Crippen LogP contribution in [0.5, 0.6) is 0 Å². The van der Waals surface area contributed by atoms with Crippen molar-refractivity contribution in [3.63, 3.8) is 0 Å². The Kier molecular flexibility index (Phi) is 4.63. The molecule has 0 aliphatic heterocycles. The summed E-state index contributed by atoms with van der Waals surface area (Å²) in [7, 11) is 0. The van der Waals surface area contributed by atoms with Crippen LogP contribution in [0, 0.1) is 0 Å². The van der Waals surface area contributed by atoms with Gasteiger partial charge in [0.15, 0.2) is 0 Å². The Hall–Kier alpha value is -1.04. The van der Waals surface area contributed by atoms with Crippen molar-refractivity contribution in [3.05, 3.63) is 44.6 Å². The molecule has 2 aromatic rings. The smallest absolute Gasteiger partial charge is 0.0348 e. The maximum Gasteiger partial charge on any atom is 0.0348 e. The van der Waals surface area contributed by atoms with Crippen molar-refractivity contribution in [1.82, 2.24) is 5.32 Å². The monoisotopic (exact) mass is 325 g/mol. The van der Waals surface area contributed by atoms with Crippen molar-refractivity contribution in [2.45, 2.75) is 13.0 Å². The van der Waals surface area contributed by atoms with Crippen LogP contribution in [0.3, 0.4) is 0 Å². The lowest BCUT2D eigenvalue weighted by Crippen LogP contribution is -2.16. The summed E-state index contributed by atoms with van der Waals surface area (Å²) in [6.45, 7) is 1.78. The molecule has 1 heterocycles. The van der Waals surface area contributed by atoms with Crippen molar-refractivity contribution in [3.8, 4) is 0 Å². The van der Waals surface area contributed by atoms with Crippen molar-refractivity contribution in [2.75, 3.05) is 18.0 Å². The Labute approximate surface area is 119 Å². The van der Waals surface area contributed by atoms with Gasteiger partial charge in [-0.2, -0.15) is 0 Å². The Morgan fingerprint density at radius 3 is 2.78 bits per heavy atom. The van der Waals surface area contributed by atoms with Gasteiger partial charge >= 0.3 is 0 Å². The molecule has 1 aromatic carbocycles. The minimum Gasteiger partial charge on any atom is -0.399 e. The number of hydrogen-bond acceptors (Lipinski definition) is 4. The zero-order valence-electron chi connectivity index (χ0n) is 9.95. The molecule has 0 spiro atoms. The Morgan fingerprint density at radius 1 is 1.22 bits per heavy atom. The first-order valence-corrected chi connectivity index (χ1v) is 7.40. The number of nitrogens with one attached hydrogen (secondary N) is 1. The predicted octanol–water partition coefficient (Wildman–Crippen LogP) is 3.01. The molecule has 18 heavy (non-hydrogen) atoms. The summed E-state index contributed by atoms with van der Waals surface area (Å²) in [5, 5.41) is 5.49. The van der Waals surface area contributed by atoms with Crippen LogP contribution in [0.4, 0.5) is 11.4 Å². The minimum atomic E-state index is 0.765. The molecule has 1 aromatic heterocycles. The highest BCUT2D eigenvalue weighted by Crippen LogP contribution is 2.19. The van der Waals surface area contributed by atoms with Crippen molar-refractivity contribution in [2.24, 2.45) is 0 Å². The van der Waals surface area contributed by atoms with E-state index in [1.54, 1.807) is 11.3 Å². The van der Waals surface area contributed by atoms with Crippen LogP contribution in [0.25, 0.3) is 0 Å². The molecule has 2 rings (SSSR count). The summed E-state index contributed by atoms with van der Waals surface area (Å²) in [5.41, 5.74) is 14.3. The summed E-state index contributed by atoms with van der Waals surface area (Å²) in [6, 6.07) is 7.77. The molecular weight excluding hydrogens is 310 g/mol. The van der Waals surface area contributed by atoms with Crippen LogP contribution in [-0.2, 0) is 13.0 Å². The van der Waals surface area contributed by atoms with Crippen molar-refractivity contribution in [1.29, 1.82) is 0 Å². The van der Waals surface area contributed by atoms with Gasteiger partial charge in [-0.05, 0) is 58.7 Å². The molecule has 5 N–H and O–H groups in total. The Bertz CT molecular complexity index is 525. The van der Waals surface area contributed by atoms with E-state index in [1.807, 2.05) is 18.2 Å². The van der Waals surface area contributed by atoms with Crippen LogP contribution in [0.2, 0.25) is 0 Å². The Morgan fingerprint density at radius 2 is 2.06 bits per heavy atom. The molecule has 3 nitrogen and oxygen atoms in total. The highest BCUT2D eigenvalue weighted by atomic mass is 79.9. The van der Waals surface area contributed by atoms with Crippen LogP contribution in [0.15, 0.2) is 34.1 Å². The maximum absolute atomic E-state index is 5.90. The Balaban J connectivity index is 1.80. The van der Waals surface area contributed by atoms with E-state index >= 15 is 0 Å². The van der Waals surface area contributed by atoms with E-state index in [0.29, 0.717) is 0 Å². The topological polar surface area (TPSA) is 64.1 Å². The lowest BCUT2D eigenvalue weighted by molar-refractivity contribution is 0.694. The average molecular weight is 326 g/mol. The molecule has 0 aliphatic carbocycles. The quantitative estimate of drug-likeness (QED) is 0.585. The summed E-state index contributed by atoms with van der Waals surface area (Å²) in [6.07, 6.45) is 0.892. The zero-order chi connectivity index (χ0) is 13.0. The molecule has 0 fully saturated rings. The third kappa shape index (κ3) is 3.73. The maximum atomic E-state index is 5.90. The van der Waals surface area contributed by atoms with Gasteiger partial charge in [-0.25, -0.2) is 0 Å². The second kappa shape index (κ2) is 6.22. The lowest BCUT2D eigenvalue weighted by Gasteiger charge is -2.07. The first-order valence-electron chi connectivity index (χ1n) is 5.72. The number of nitrogens with two attached hydrogens (primary N) is 2. The lowest BCUT2D eigenvalue weighted by atomic mass is 10.1. The third-order valence-electron chi connectivity index (χ3n) is 2.66. The van der Waals surface area contributed by atoms with Gasteiger partial charge in [-0.3, -0.25) is 0 Å². The second-order valence-corrected chi connectivity index (χ2v) is 6.03. The van der Waals surface area contributed by atoms with Gasteiger partial charge in [0.1, 0.15) is 0 Å². The number of hydrogen-bond donors (Lipinski definition) is 3. The fraction of sp³-hybridized carbons (Fsp3) is 0.231. The summed E-state index contributed by atoms with van der Waals surface area (Å²) in [5.74, 6) is 0. The highest BCUT2D eigenvalue weighted by Gasteiger charge is 2.01. The third-order valence-corrected chi connectivity index (χ3v) is 4.36. The fourth-order valence-electron chi connectivity index (χ4n) is 1.72. The predicted molar refractivity (Wildman–Crippen MR) is 82.7 cm³/mol. The van der Waals surface area contributed by atoms with Gasteiger partial charge in [0, 0.05) is 32.6 Å². The van der Waals surface area contributed by atoms with Gasteiger partial charge in [-0.15, -0.1) is 11.3 Å². The number of rotatable bonds is 5. The highest BCUT2D eigenvalue weighted by molar-refractivity contribution is 9.10. The van der Waals surface area contributed by atoms with Crippen molar-refractivity contribution >= 4 is 38.6 Å². The number of benzene rings is 1. The molecule has 5 heteroatoms. The van der Waals surface area contributed by atoms with E-state index < -0.39 is 0 Å². The van der Waals surface area contributed by atoms with Crippen molar-refractivity contribution < 1.29 is 0 Å². The van der Waals surface area contributed by atoms with E-state index in [2.05, 4.69) is 32.7 Å². The van der Waals surface area contributed by atoms with Gasteiger partial charge in [0.05, 0.1) is 0 Å². The van der Waals surface area contributed by atoms with Gasteiger partial charge in [-0.1, -0.05) is 0 Å². The van der Waals surface area contributed by atoms with Crippen LogP contribution < -0.4 is 16.8 Å². The molecule has 0 bridgehead atoms. The SMILES string of the molecule is Nc1ccc(N)c(CCNCc2cc(Br)cs2)c1. The average Bonchev–Trinajstić information content (AvgIpc) is 2.75. The van der Waals surface area contributed by atoms with Crippen LogP contribution in [0.1, 0.15) is 10.4 Å². The van der Waals surface area contributed by atoms with E-state index in [9.17, 15) is 0 Å². The molecule has 96 valence electrons. The second-order valence-electron chi connectivity index (χ2n) is 4.12. The summed E-state index contributed by atoms with van der Waals surface area (Å²) in [4.78, 5) is 1.32. The van der Waals surface area contributed by atoms with Gasteiger partial charge in [0.25, 0.3) is 0 Å². The largest absolute Gasteiger partial charge is 0.399 e. The first kappa shape index (κ1) is 13.4. The molecule has 0 aliphatic rings. The normalized spacial score (nSPS) is 10.7. The number of thiophene rings is 1. The minimum absolute atomic E-state index is 0.765. The van der Waals surface area contributed by atoms with E-state index in [1.165, 1.54) is 4.88 Å². The standard InChI is InChI=1S/C13H16BrN3S/c14-10-6-12(18-8-10)7-17-4-3-9-5-11(15)1-2-13(9)16/h1-2,5-6,8,17H,3-4,7,15-16H2. The summed E-state index contributed by atoms with van der Waals surface area (Å²) >= 11 is 5.19. The molecule has 0 radical (unpaired) electrons. The van der Waals surface area contributed by atoms with Gasteiger partial charge < -0.3 is 16.8 Å². The zero-order valence-corrected chi connectivity index (χ0v) is 12.4.